The molecule has 0 aliphatic rings. The van der Waals surface area contributed by atoms with Crippen LogP contribution in [0.1, 0.15) is 22.5 Å². The van der Waals surface area contributed by atoms with Crippen molar-refractivity contribution in [3.8, 4) is 0 Å². The first kappa shape index (κ1) is 14.5. The number of nitrogens with zero attached hydrogens (tertiary/aromatic N) is 1. The Morgan fingerprint density at radius 2 is 2.26 bits per heavy atom. The highest BCUT2D eigenvalue weighted by atomic mass is 32.2. The van der Waals surface area contributed by atoms with Gasteiger partial charge in [-0.25, -0.2) is 9.37 Å². The van der Waals surface area contributed by atoms with Crippen molar-refractivity contribution in [3.63, 3.8) is 0 Å². The van der Waals surface area contributed by atoms with Gasteiger partial charge in [0.2, 0.25) is 0 Å². The maximum atomic E-state index is 13.1. The molecule has 0 aliphatic carbocycles. The molecule has 1 aromatic heterocycles. The summed E-state index contributed by atoms with van der Waals surface area (Å²) in [6.45, 7) is 5.98. The second kappa shape index (κ2) is 7.03. The largest absolute Gasteiger partial charge is 0.312 e. The number of thiazole rings is 1. The number of aromatic nitrogens is 1. The molecule has 1 N–H and O–H groups in total. The number of halogens is 1. The van der Waals surface area contributed by atoms with Crippen molar-refractivity contribution in [1.82, 2.24) is 10.3 Å². The lowest BCUT2D eigenvalue weighted by Crippen LogP contribution is -2.11. The molecular formula is C14H17FN2S2. The van der Waals surface area contributed by atoms with Gasteiger partial charge < -0.3 is 5.32 Å². The van der Waals surface area contributed by atoms with E-state index in [1.165, 1.54) is 10.9 Å². The number of aryl methyl sites for hydroxylation is 1. The Labute approximate surface area is 121 Å². The minimum absolute atomic E-state index is 0.187. The Morgan fingerprint density at radius 3 is 3.00 bits per heavy atom. The highest BCUT2D eigenvalue weighted by molar-refractivity contribution is 7.98. The molecule has 0 fully saturated rings. The summed E-state index contributed by atoms with van der Waals surface area (Å²) in [5.41, 5.74) is 1.10. The summed E-state index contributed by atoms with van der Waals surface area (Å²) in [6.07, 6.45) is 0. The molecule has 0 unspecified atom stereocenters. The van der Waals surface area contributed by atoms with Crippen LogP contribution in [0.4, 0.5) is 4.39 Å². The second-order valence-electron chi connectivity index (χ2n) is 4.14. The average Bonchev–Trinajstić information content (AvgIpc) is 2.75. The van der Waals surface area contributed by atoms with Crippen LogP contribution in [-0.2, 0) is 12.3 Å². The van der Waals surface area contributed by atoms with Crippen molar-refractivity contribution in [1.29, 1.82) is 0 Å². The Kier molecular flexibility index (Phi) is 5.36. The molecule has 5 heteroatoms. The third kappa shape index (κ3) is 4.30. The van der Waals surface area contributed by atoms with Crippen molar-refractivity contribution >= 4 is 23.1 Å². The first-order chi connectivity index (χ1) is 9.19. The van der Waals surface area contributed by atoms with Crippen molar-refractivity contribution in [2.75, 3.05) is 6.54 Å². The molecule has 0 atom stereocenters. The Morgan fingerprint density at radius 1 is 1.42 bits per heavy atom. The molecule has 19 heavy (non-hydrogen) atoms. The number of nitrogens with one attached hydrogen (secondary N) is 1. The van der Waals surface area contributed by atoms with E-state index >= 15 is 0 Å². The zero-order valence-corrected chi connectivity index (χ0v) is 12.7. The molecule has 102 valence electrons. The third-order valence-corrected chi connectivity index (χ3v) is 4.98. The summed E-state index contributed by atoms with van der Waals surface area (Å²) >= 11 is 3.36. The first-order valence-corrected chi connectivity index (χ1v) is 8.03. The fourth-order valence-electron chi connectivity index (χ4n) is 1.65. The number of thioether (sulfide) groups is 1. The number of hydrogen-bond acceptors (Lipinski definition) is 4. The topological polar surface area (TPSA) is 24.9 Å². The highest BCUT2D eigenvalue weighted by Gasteiger charge is 2.07. The standard InChI is InChI=1S/C14H17FN2S2/c1-3-16-8-13-10(2)17-14(19-13)9-18-12-6-4-5-11(15)7-12/h4-7,16H,3,8-9H2,1-2H3. The van der Waals surface area contributed by atoms with Gasteiger partial charge in [0.1, 0.15) is 10.8 Å². The van der Waals surface area contributed by atoms with Crippen LogP contribution in [-0.4, -0.2) is 11.5 Å². The van der Waals surface area contributed by atoms with Gasteiger partial charge in [0.15, 0.2) is 0 Å². The quantitative estimate of drug-likeness (QED) is 0.816. The lowest BCUT2D eigenvalue weighted by Gasteiger charge is -1.99. The Bertz CT molecular complexity index is 540. The molecule has 0 spiro atoms. The predicted molar refractivity (Wildman–Crippen MR) is 80.2 cm³/mol. The summed E-state index contributed by atoms with van der Waals surface area (Å²) in [4.78, 5) is 6.80. The van der Waals surface area contributed by atoms with Crippen molar-refractivity contribution < 1.29 is 4.39 Å². The van der Waals surface area contributed by atoms with E-state index in [0.29, 0.717) is 0 Å². The van der Waals surface area contributed by atoms with E-state index in [-0.39, 0.29) is 5.82 Å². The summed E-state index contributed by atoms with van der Waals surface area (Å²) in [7, 11) is 0. The molecule has 0 radical (unpaired) electrons. The van der Waals surface area contributed by atoms with Gasteiger partial charge in [-0.3, -0.25) is 0 Å². The summed E-state index contributed by atoms with van der Waals surface area (Å²) in [6, 6.07) is 6.69. The van der Waals surface area contributed by atoms with Gasteiger partial charge in [-0.2, -0.15) is 0 Å². The molecule has 0 saturated heterocycles. The fraction of sp³-hybridized carbons (Fsp3) is 0.357. The predicted octanol–water partition coefficient (Wildman–Crippen LogP) is 3.99. The van der Waals surface area contributed by atoms with E-state index in [1.54, 1.807) is 35.2 Å². The van der Waals surface area contributed by atoms with Crippen LogP contribution in [0.3, 0.4) is 0 Å². The van der Waals surface area contributed by atoms with E-state index in [9.17, 15) is 4.39 Å². The minimum Gasteiger partial charge on any atom is -0.312 e. The van der Waals surface area contributed by atoms with Crippen molar-refractivity contribution in [2.45, 2.75) is 31.0 Å². The molecule has 0 saturated carbocycles. The zero-order valence-electron chi connectivity index (χ0n) is 11.1. The Hall–Kier alpha value is -0.910. The van der Waals surface area contributed by atoms with Crippen molar-refractivity contribution in [2.24, 2.45) is 0 Å². The summed E-state index contributed by atoms with van der Waals surface area (Å²) in [5.74, 6) is 0.606. The van der Waals surface area contributed by atoms with Crippen LogP contribution in [0, 0.1) is 12.7 Å². The van der Waals surface area contributed by atoms with E-state index in [0.717, 1.165) is 34.4 Å². The summed E-state index contributed by atoms with van der Waals surface area (Å²) in [5, 5.41) is 4.41. The lowest BCUT2D eigenvalue weighted by atomic mass is 10.4. The third-order valence-electron chi connectivity index (χ3n) is 2.63. The fourth-order valence-corrected chi connectivity index (χ4v) is 3.63. The maximum Gasteiger partial charge on any atom is 0.124 e. The van der Waals surface area contributed by atoms with Gasteiger partial charge in [0, 0.05) is 16.3 Å². The molecule has 2 nitrogen and oxygen atoms in total. The molecule has 2 aromatic rings. The number of rotatable bonds is 6. The second-order valence-corrected chi connectivity index (χ2v) is 6.36. The normalized spacial score (nSPS) is 10.9. The first-order valence-electron chi connectivity index (χ1n) is 6.23. The highest BCUT2D eigenvalue weighted by Crippen LogP contribution is 2.27. The van der Waals surface area contributed by atoms with Gasteiger partial charge in [0.25, 0.3) is 0 Å². The summed E-state index contributed by atoms with van der Waals surface area (Å²) < 4.78 is 13.1. The van der Waals surface area contributed by atoms with Crippen LogP contribution in [0.15, 0.2) is 29.2 Å². The molecule has 0 aliphatic heterocycles. The van der Waals surface area contributed by atoms with Gasteiger partial charge in [0.05, 0.1) is 11.4 Å². The van der Waals surface area contributed by atoms with Crippen LogP contribution in [0.2, 0.25) is 0 Å². The van der Waals surface area contributed by atoms with Crippen LogP contribution in [0.5, 0.6) is 0 Å². The molecule has 2 rings (SSSR count). The molecule has 0 bridgehead atoms. The van der Waals surface area contributed by atoms with Gasteiger partial charge in [-0.05, 0) is 31.7 Å². The van der Waals surface area contributed by atoms with Crippen LogP contribution in [0.25, 0.3) is 0 Å². The van der Waals surface area contributed by atoms with E-state index in [1.807, 2.05) is 13.0 Å². The molecule has 1 aromatic carbocycles. The van der Waals surface area contributed by atoms with Crippen LogP contribution >= 0.6 is 23.1 Å². The SMILES string of the molecule is CCNCc1sc(CSc2cccc(F)c2)nc1C. The average molecular weight is 296 g/mol. The number of hydrogen-bond donors (Lipinski definition) is 1. The van der Waals surface area contributed by atoms with E-state index in [4.69, 9.17) is 0 Å². The minimum atomic E-state index is -0.187. The van der Waals surface area contributed by atoms with E-state index < -0.39 is 0 Å². The maximum absolute atomic E-state index is 13.1. The molecule has 1 heterocycles. The van der Waals surface area contributed by atoms with E-state index in [2.05, 4.69) is 17.2 Å². The monoisotopic (exact) mass is 296 g/mol. The molecule has 0 amide bonds. The smallest absolute Gasteiger partial charge is 0.124 e. The Balaban J connectivity index is 1.96. The zero-order chi connectivity index (χ0) is 13.7. The lowest BCUT2D eigenvalue weighted by molar-refractivity contribution is 0.624. The number of benzene rings is 1. The van der Waals surface area contributed by atoms with Gasteiger partial charge in [-0.15, -0.1) is 23.1 Å². The molecular weight excluding hydrogens is 279 g/mol. The van der Waals surface area contributed by atoms with Crippen LogP contribution < -0.4 is 5.32 Å². The van der Waals surface area contributed by atoms with Gasteiger partial charge >= 0.3 is 0 Å². The van der Waals surface area contributed by atoms with Crippen molar-refractivity contribution in [3.05, 3.63) is 45.7 Å². The van der Waals surface area contributed by atoms with Gasteiger partial charge in [-0.1, -0.05) is 13.0 Å².